The zero-order valence-electron chi connectivity index (χ0n) is 8.87. The third kappa shape index (κ3) is 5.88. The highest BCUT2D eigenvalue weighted by Crippen LogP contribution is 2.20. The molecular weight excluding hydrogens is 268 g/mol. The Hall–Kier alpha value is -0.430. The number of benzene rings is 1. The van der Waals surface area contributed by atoms with Crippen LogP contribution >= 0.6 is 27.7 Å². The molecule has 0 N–H and O–H groups in total. The molecule has 0 unspecified atom stereocenters. The van der Waals surface area contributed by atoms with Gasteiger partial charge in [0.05, 0.1) is 0 Å². The Labute approximate surface area is 105 Å². The van der Waals surface area contributed by atoms with Crippen molar-refractivity contribution < 1.29 is 0 Å². The van der Waals surface area contributed by atoms with Crippen LogP contribution in [0.15, 0.2) is 50.8 Å². The fraction of sp³-hybridized carbons (Fsp3) is 0.308. The molecule has 2 heteroatoms. The van der Waals surface area contributed by atoms with E-state index in [2.05, 4.69) is 58.9 Å². The van der Waals surface area contributed by atoms with Gasteiger partial charge in [-0.05, 0) is 43.2 Å². The summed E-state index contributed by atoms with van der Waals surface area (Å²) < 4.78 is 1.12. The van der Waals surface area contributed by atoms with E-state index in [1.807, 2.05) is 5.41 Å². The van der Waals surface area contributed by atoms with Crippen LogP contribution in [-0.4, -0.2) is 0 Å². The van der Waals surface area contributed by atoms with Crippen molar-refractivity contribution in [2.45, 2.75) is 31.1 Å². The molecule has 80 valence electrons. The summed E-state index contributed by atoms with van der Waals surface area (Å²) in [6, 6.07) is 8.30. The second-order valence-corrected chi connectivity index (χ2v) is 5.06. The second-order valence-electron chi connectivity index (χ2n) is 3.20. The summed E-state index contributed by atoms with van der Waals surface area (Å²) in [5, 5.41) is 2.01. The Morgan fingerprint density at radius 3 is 2.73 bits per heavy atom. The van der Waals surface area contributed by atoms with Crippen LogP contribution in [0.2, 0.25) is 0 Å². The molecule has 0 amide bonds. The smallest absolute Gasteiger partial charge is 0.0176 e. The maximum atomic E-state index is 3.41. The van der Waals surface area contributed by atoms with Gasteiger partial charge in [-0.2, -0.15) is 0 Å². The lowest BCUT2D eigenvalue weighted by Crippen LogP contribution is -1.67. The molecule has 0 radical (unpaired) electrons. The Kier molecular flexibility index (Phi) is 6.58. The summed E-state index contributed by atoms with van der Waals surface area (Å²) >= 11 is 5.11. The number of thioether (sulfide) groups is 1. The maximum Gasteiger partial charge on any atom is 0.0176 e. The van der Waals surface area contributed by atoms with Gasteiger partial charge < -0.3 is 0 Å². The van der Waals surface area contributed by atoms with Gasteiger partial charge in [0.2, 0.25) is 0 Å². The highest BCUT2D eigenvalue weighted by molar-refractivity contribution is 9.10. The molecule has 0 aliphatic heterocycles. The van der Waals surface area contributed by atoms with Crippen LogP contribution in [0.4, 0.5) is 0 Å². The predicted octanol–water partition coefficient (Wildman–Crippen LogP) is 5.40. The van der Waals surface area contributed by atoms with Crippen molar-refractivity contribution in [1.82, 2.24) is 0 Å². The minimum absolute atomic E-state index is 1.12. The van der Waals surface area contributed by atoms with Crippen molar-refractivity contribution in [1.29, 1.82) is 0 Å². The molecular formula is C13H15BrS. The van der Waals surface area contributed by atoms with Crippen molar-refractivity contribution in [3.05, 3.63) is 46.0 Å². The zero-order chi connectivity index (χ0) is 10.9. The van der Waals surface area contributed by atoms with Crippen molar-refractivity contribution in [3.8, 4) is 0 Å². The molecule has 0 spiro atoms. The molecule has 0 nitrogen and oxygen atoms in total. The Bertz CT molecular complexity index is 334. The number of rotatable bonds is 5. The summed E-state index contributed by atoms with van der Waals surface area (Å²) in [7, 11) is 0. The Balaban J connectivity index is 2.36. The molecule has 0 aliphatic carbocycles. The average molecular weight is 283 g/mol. The van der Waals surface area contributed by atoms with E-state index >= 15 is 0 Å². The summed E-state index contributed by atoms with van der Waals surface area (Å²) in [4.78, 5) is 1.24. The van der Waals surface area contributed by atoms with E-state index < -0.39 is 0 Å². The molecule has 1 rings (SSSR count). The van der Waals surface area contributed by atoms with Crippen molar-refractivity contribution in [2.24, 2.45) is 0 Å². The summed E-state index contributed by atoms with van der Waals surface area (Å²) in [5.41, 5.74) is 3.18. The first-order valence-electron chi connectivity index (χ1n) is 5.14. The van der Waals surface area contributed by atoms with Gasteiger partial charge in [-0.3, -0.25) is 0 Å². The zero-order valence-corrected chi connectivity index (χ0v) is 11.3. The molecule has 0 aromatic heterocycles. The van der Waals surface area contributed by atoms with E-state index in [4.69, 9.17) is 0 Å². The van der Waals surface area contributed by atoms with Gasteiger partial charge in [0, 0.05) is 14.8 Å². The summed E-state index contributed by atoms with van der Waals surface area (Å²) in [6.07, 6.45) is 5.74. The topological polar surface area (TPSA) is 0 Å². The highest BCUT2D eigenvalue weighted by Gasteiger charge is 1.89. The number of hydrogen-bond donors (Lipinski definition) is 0. The maximum absolute atomic E-state index is 3.41. The Morgan fingerprint density at radius 1 is 1.33 bits per heavy atom. The second kappa shape index (κ2) is 7.81. The van der Waals surface area contributed by atoms with Gasteiger partial charge in [-0.1, -0.05) is 41.0 Å². The number of halogens is 1. The molecule has 1 aromatic carbocycles. The van der Waals surface area contributed by atoms with Crippen molar-refractivity contribution >= 4 is 27.7 Å². The molecule has 0 bridgehead atoms. The number of allylic oxidation sites excluding steroid dienone is 1. The molecule has 0 saturated heterocycles. The molecule has 0 saturated carbocycles. The Morgan fingerprint density at radius 2 is 2.07 bits per heavy atom. The van der Waals surface area contributed by atoms with Crippen molar-refractivity contribution in [3.63, 3.8) is 0 Å². The monoisotopic (exact) mass is 282 g/mol. The van der Waals surface area contributed by atoms with Gasteiger partial charge in [-0.15, -0.1) is 5.73 Å². The number of hydrogen-bond acceptors (Lipinski definition) is 1. The van der Waals surface area contributed by atoms with E-state index in [-0.39, 0.29) is 0 Å². The minimum Gasteiger partial charge on any atom is -0.118 e. The standard InChI is InChI=1S/C13H15BrS/c1-2-3-4-5-6-11-15-13-9-7-12(14)8-10-13/h5,7-11H,2-4H2,1H3. The molecule has 0 aliphatic rings. The fourth-order valence-corrected chi connectivity index (χ4v) is 1.91. The van der Waals surface area contributed by atoms with Crippen LogP contribution in [-0.2, 0) is 0 Å². The lowest BCUT2D eigenvalue weighted by molar-refractivity contribution is 0.815. The van der Waals surface area contributed by atoms with Crippen LogP contribution in [0.3, 0.4) is 0 Å². The van der Waals surface area contributed by atoms with Crippen molar-refractivity contribution in [2.75, 3.05) is 0 Å². The van der Waals surface area contributed by atoms with E-state index in [0.717, 1.165) is 10.9 Å². The van der Waals surface area contributed by atoms with E-state index in [1.165, 1.54) is 17.7 Å². The van der Waals surface area contributed by atoms with E-state index in [0.29, 0.717) is 0 Å². The third-order valence-electron chi connectivity index (χ3n) is 1.90. The van der Waals surface area contributed by atoms with Gasteiger partial charge in [0.25, 0.3) is 0 Å². The summed E-state index contributed by atoms with van der Waals surface area (Å²) in [6.45, 7) is 2.20. The molecule has 0 fully saturated rings. The lowest BCUT2D eigenvalue weighted by Gasteiger charge is -1.94. The minimum atomic E-state index is 1.12. The first kappa shape index (κ1) is 12.6. The van der Waals surface area contributed by atoms with Crippen LogP contribution in [0.25, 0.3) is 0 Å². The molecule has 1 aromatic rings. The quantitative estimate of drug-likeness (QED) is 0.396. The summed E-state index contributed by atoms with van der Waals surface area (Å²) in [5.74, 6) is 0. The first-order valence-corrected chi connectivity index (χ1v) is 6.82. The molecule has 0 heterocycles. The first-order chi connectivity index (χ1) is 7.33. The van der Waals surface area contributed by atoms with Gasteiger partial charge in [0.1, 0.15) is 0 Å². The van der Waals surface area contributed by atoms with Gasteiger partial charge in [-0.25, -0.2) is 0 Å². The SMILES string of the molecule is CCCCC=C=CSc1ccc(Br)cc1. The fourth-order valence-electron chi connectivity index (χ4n) is 1.05. The van der Waals surface area contributed by atoms with Crippen LogP contribution in [0.1, 0.15) is 26.2 Å². The largest absolute Gasteiger partial charge is 0.118 e. The van der Waals surface area contributed by atoms with E-state index in [9.17, 15) is 0 Å². The highest BCUT2D eigenvalue weighted by atomic mass is 79.9. The predicted molar refractivity (Wildman–Crippen MR) is 72.2 cm³/mol. The van der Waals surface area contributed by atoms with Crippen LogP contribution in [0.5, 0.6) is 0 Å². The van der Waals surface area contributed by atoms with Gasteiger partial charge >= 0.3 is 0 Å². The average Bonchev–Trinajstić information content (AvgIpc) is 2.26. The lowest BCUT2D eigenvalue weighted by atomic mass is 10.2. The third-order valence-corrected chi connectivity index (χ3v) is 3.22. The van der Waals surface area contributed by atoms with Crippen LogP contribution in [0, 0.1) is 0 Å². The number of unbranched alkanes of at least 4 members (excludes halogenated alkanes) is 2. The normalized spacial score (nSPS) is 9.47. The van der Waals surface area contributed by atoms with Crippen LogP contribution < -0.4 is 0 Å². The van der Waals surface area contributed by atoms with E-state index in [1.54, 1.807) is 11.8 Å². The van der Waals surface area contributed by atoms with Gasteiger partial charge in [0.15, 0.2) is 0 Å². The molecule has 0 atom stereocenters. The molecule has 15 heavy (non-hydrogen) atoms.